The van der Waals surface area contributed by atoms with Crippen LogP contribution in [0.4, 0.5) is 5.82 Å². The van der Waals surface area contributed by atoms with Gasteiger partial charge >= 0.3 is 11.9 Å². The number of anilines is 1. The Morgan fingerprint density at radius 2 is 1.30 bits per heavy atom. The van der Waals surface area contributed by atoms with Gasteiger partial charge < -0.3 is 49.3 Å². The molecule has 0 atom stereocenters. The highest BCUT2D eigenvalue weighted by Gasteiger charge is 2.34. The van der Waals surface area contributed by atoms with Gasteiger partial charge in [0.15, 0.2) is 0 Å². The fourth-order valence-corrected chi connectivity index (χ4v) is 6.79. The molecule has 0 saturated heterocycles. The molecule has 0 aliphatic rings. The zero-order valence-electron chi connectivity index (χ0n) is 35.3. The van der Waals surface area contributed by atoms with Crippen LogP contribution < -0.4 is 20.1 Å². The quantitative estimate of drug-likeness (QED) is 0.0358. The van der Waals surface area contributed by atoms with Crippen LogP contribution in [0.15, 0.2) is 71.8 Å². The number of rotatable bonds is 32. The van der Waals surface area contributed by atoms with Crippen molar-refractivity contribution >= 4 is 41.5 Å². The number of aliphatic carboxylic acids is 2. The first-order valence-electron chi connectivity index (χ1n) is 20.2. The van der Waals surface area contributed by atoms with E-state index < -0.39 is 17.4 Å². The number of aryl methyl sites for hydroxylation is 1. The van der Waals surface area contributed by atoms with Crippen molar-refractivity contribution in [3.8, 4) is 5.75 Å². The molecule has 0 aliphatic carbocycles. The van der Waals surface area contributed by atoms with E-state index in [-0.39, 0.29) is 76.6 Å². The minimum atomic E-state index is -1.04. The lowest BCUT2D eigenvalue weighted by Gasteiger charge is -2.32. The van der Waals surface area contributed by atoms with Gasteiger partial charge in [0.05, 0.1) is 57.2 Å². The molecule has 1 heterocycles. The molecule has 2 aromatic carbocycles. The third-order valence-corrected chi connectivity index (χ3v) is 10.00. The summed E-state index contributed by atoms with van der Waals surface area (Å²) >= 11 is 1.40. The fraction of sp³-hybridized carbons (Fsp3) is 0.523. The minimum absolute atomic E-state index is 0.00746. The first-order valence-corrected chi connectivity index (χ1v) is 21.0. The predicted molar refractivity (Wildman–Crippen MR) is 229 cm³/mol. The zero-order valence-corrected chi connectivity index (χ0v) is 36.1. The standard InChI is InChI=1S/C44H62N4O11S/c1-43(2,32-44(3,4)42(53)54)19-6-5-7-33-8-10-34(11-9-33)18-22-59-36-13-15-37(16-14-36)60-48-38-17-12-35(29-47-38)41(52)46-21-24-56-25-27-57-30-39(49)45-20-23-55-26-28-58-31-40(50)51/h8-17,29H,5-7,18-28,30-32H2,1-4H3,(H,45,49)(H,46,52)(H,47,48)(H,50,51)(H,53,54). The predicted octanol–water partition coefficient (Wildman–Crippen LogP) is 6.06. The summed E-state index contributed by atoms with van der Waals surface area (Å²) in [6, 6.07) is 19.9. The molecule has 3 aromatic rings. The summed E-state index contributed by atoms with van der Waals surface area (Å²) in [5.41, 5.74) is 2.23. The summed E-state index contributed by atoms with van der Waals surface area (Å²) in [5.74, 6) is -0.953. The molecule has 16 heteroatoms. The lowest BCUT2D eigenvalue weighted by Crippen LogP contribution is -2.31. The van der Waals surface area contributed by atoms with Gasteiger partial charge in [-0.3, -0.25) is 14.4 Å². The van der Waals surface area contributed by atoms with Crippen LogP contribution in [-0.4, -0.2) is 112 Å². The van der Waals surface area contributed by atoms with Crippen LogP contribution >= 0.6 is 11.9 Å². The van der Waals surface area contributed by atoms with Crippen molar-refractivity contribution in [3.63, 3.8) is 0 Å². The lowest BCUT2D eigenvalue weighted by molar-refractivity contribution is -0.148. The molecule has 1 aromatic heterocycles. The van der Waals surface area contributed by atoms with Crippen molar-refractivity contribution in [1.82, 2.24) is 15.6 Å². The van der Waals surface area contributed by atoms with E-state index in [1.807, 2.05) is 24.3 Å². The largest absolute Gasteiger partial charge is 0.493 e. The first-order chi connectivity index (χ1) is 28.7. The van der Waals surface area contributed by atoms with Crippen LogP contribution in [0.3, 0.4) is 0 Å². The van der Waals surface area contributed by atoms with E-state index in [1.54, 1.807) is 26.0 Å². The number of ether oxygens (including phenoxy) is 5. The third kappa shape index (κ3) is 21.5. The topological polar surface area (TPSA) is 204 Å². The first kappa shape index (κ1) is 49.6. The highest BCUT2D eigenvalue weighted by Crippen LogP contribution is 2.37. The molecule has 0 saturated carbocycles. The SMILES string of the molecule is CC(C)(CCCCc1ccc(CCOc2ccc(SNc3ccc(C(=O)NCCOCCOCC(=O)NCCOCCOCC(=O)O)cn3)cc2)cc1)CC(C)(C)C(=O)O. The number of hydrogen-bond acceptors (Lipinski definition) is 12. The highest BCUT2D eigenvalue weighted by atomic mass is 32.2. The maximum absolute atomic E-state index is 12.5. The van der Waals surface area contributed by atoms with Gasteiger partial charge in [-0.05, 0) is 104 Å². The molecule has 5 N–H and O–H groups in total. The molecule has 0 aliphatic heterocycles. The van der Waals surface area contributed by atoms with Gasteiger partial charge in [0.25, 0.3) is 5.91 Å². The Morgan fingerprint density at radius 1 is 0.683 bits per heavy atom. The number of carboxylic acid groups (broad SMARTS) is 2. The van der Waals surface area contributed by atoms with Crippen molar-refractivity contribution in [1.29, 1.82) is 0 Å². The van der Waals surface area contributed by atoms with Crippen LogP contribution in [0.2, 0.25) is 0 Å². The Balaban J connectivity index is 1.20. The summed E-state index contributed by atoms with van der Waals surface area (Å²) in [6.07, 6.45) is 7.14. The van der Waals surface area contributed by atoms with Gasteiger partial charge in [-0.25, -0.2) is 9.78 Å². The van der Waals surface area contributed by atoms with Crippen molar-refractivity contribution in [2.24, 2.45) is 10.8 Å². The van der Waals surface area contributed by atoms with Gasteiger partial charge in [0, 0.05) is 30.6 Å². The molecule has 0 bridgehead atoms. The van der Waals surface area contributed by atoms with E-state index in [4.69, 9.17) is 28.8 Å². The Bertz CT molecular complexity index is 1720. The summed E-state index contributed by atoms with van der Waals surface area (Å²) in [4.78, 5) is 51.4. The van der Waals surface area contributed by atoms with E-state index in [2.05, 4.69) is 58.5 Å². The number of carbonyl (C=O) groups is 4. The maximum atomic E-state index is 12.5. The number of amides is 2. The van der Waals surface area contributed by atoms with Crippen LogP contribution in [0, 0.1) is 10.8 Å². The second kappa shape index (κ2) is 27.2. The average molecular weight is 855 g/mol. The van der Waals surface area contributed by atoms with Crippen LogP contribution in [0.25, 0.3) is 0 Å². The van der Waals surface area contributed by atoms with E-state index >= 15 is 0 Å². The summed E-state index contributed by atoms with van der Waals surface area (Å²) < 4.78 is 30.0. The van der Waals surface area contributed by atoms with Crippen LogP contribution in [0.1, 0.15) is 74.9 Å². The number of aromatic nitrogens is 1. The number of hydrogen-bond donors (Lipinski definition) is 5. The Labute approximate surface area is 357 Å². The second-order valence-electron chi connectivity index (χ2n) is 15.6. The fourth-order valence-electron chi connectivity index (χ4n) is 6.17. The van der Waals surface area contributed by atoms with Crippen LogP contribution in [0.5, 0.6) is 5.75 Å². The number of nitrogens with zero attached hydrogens (tertiary/aromatic N) is 1. The molecular weight excluding hydrogens is 793 g/mol. The highest BCUT2D eigenvalue weighted by molar-refractivity contribution is 8.00. The summed E-state index contributed by atoms with van der Waals surface area (Å²) in [5, 5.41) is 23.4. The monoisotopic (exact) mass is 854 g/mol. The maximum Gasteiger partial charge on any atom is 0.329 e. The van der Waals surface area contributed by atoms with Crippen molar-refractivity contribution in [2.75, 3.05) is 77.3 Å². The molecule has 15 nitrogen and oxygen atoms in total. The Morgan fingerprint density at radius 3 is 1.92 bits per heavy atom. The summed E-state index contributed by atoms with van der Waals surface area (Å²) in [7, 11) is 0. The molecule has 3 rings (SSSR count). The molecule has 0 fully saturated rings. The number of carbonyl (C=O) groups excluding carboxylic acids is 2. The third-order valence-electron chi connectivity index (χ3n) is 9.18. The van der Waals surface area contributed by atoms with Crippen molar-refractivity contribution in [3.05, 3.63) is 83.6 Å². The molecule has 0 radical (unpaired) electrons. The van der Waals surface area contributed by atoms with E-state index in [0.29, 0.717) is 31.0 Å². The van der Waals surface area contributed by atoms with Gasteiger partial charge in [0.1, 0.15) is 24.8 Å². The van der Waals surface area contributed by atoms with Gasteiger partial charge in [0.2, 0.25) is 5.91 Å². The van der Waals surface area contributed by atoms with Crippen LogP contribution in [-0.2, 0) is 46.2 Å². The summed E-state index contributed by atoms with van der Waals surface area (Å²) in [6.45, 7) is 10.00. The molecule has 330 valence electrons. The van der Waals surface area contributed by atoms with Gasteiger partial charge in [-0.2, -0.15) is 0 Å². The molecule has 0 unspecified atom stereocenters. The molecule has 2 amide bonds. The lowest BCUT2D eigenvalue weighted by atomic mass is 9.72. The average Bonchev–Trinajstić information content (AvgIpc) is 3.21. The van der Waals surface area contributed by atoms with Gasteiger partial charge in [-0.15, -0.1) is 0 Å². The second-order valence-corrected chi connectivity index (χ2v) is 16.5. The van der Waals surface area contributed by atoms with E-state index in [1.165, 1.54) is 29.3 Å². The smallest absolute Gasteiger partial charge is 0.329 e. The molecule has 60 heavy (non-hydrogen) atoms. The van der Waals surface area contributed by atoms with Crippen molar-refractivity contribution < 1.29 is 53.1 Å². The Kier molecular flexibility index (Phi) is 22.5. The van der Waals surface area contributed by atoms with Gasteiger partial charge in [-0.1, -0.05) is 44.5 Å². The Hall–Kier alpha value is -4.74. The number of unbranched alkanes of at least 4 members (excludes halogenated alkanes) is 1. The van der Waals surface area contributed by atoms with E-state index in [0.717, 1.165) is 42.7 Å². The number of pyridine rings is 1. The number of benzene rings is 2. The van der Waals surface area contributed by atoms with E-state index in [9.17, 15) is 24.3 Å². The molecule has 0 spiro atoms. The number of carboxylic acids is 2. The van der Waals surface area contributed by atoms with Crippen molar-refractivity contribution in [2.45, 2.75) is 71.1 Å². The number of nitrogens with one attached hydrogen (secondary N) is 3. The molecular formula is C44H62N4O11S. The normalized spacial score (nSPS) is 11.5. The zero-order chi connectivity index (χ0) is 43.6. The minimum Gasteiger partial charge on any atom is -0.493 e.